The van der Waals surface area contributed by atoms with Crippen LogP contribution in [0.3, 0.4) is 0 Å². The van der Waals surface area contributed by atoms with Crippen molar-refractivity contribution in [2.45, 2.75) is 58.5 Å². The zero-order valence-corrected chi connectivity index (χ0v) is 13.9. The Morgan fingerprint density at radius 1 is 1.05 bits per heavy atom. The lowest BCUT2D eigenvalue weighted by Gasteiger charge is -2.27. The summed E-state index contributed by atoms with van der Waals surface area (Å²) in [6, 6.07) is 9.12. The van der Waals surface area contributed by atoms with Crippen molar-refractivity contribution in [1.29, 1.82) is 0 Å². The zero-order chi connectivity index (χ0) is 14.9. The van der Waals surface area contributed by atoms with Gasteiger partial charge in [0.15, 0.2) is 0 Å². The summed E-state index contributed by atoms with van der Waals surface area (Å²) >= 11 is 0. The van der Waals surface area contributed by atoms with Crippen molar-refractivity contribution < 1.29 is 0 Å². The summed E-state index contributed by atoms with van der Waals surface area (Å²) in [5.74, 6) is 0.932. The number of rotatable bonds is 8. The Labute approximate surface area is 130 Å². The molecule has 1 aliphatic rings. The first kappa shape index (κ1) is 16.5. The third-order valence-corrected chi connectivity index (χ3v) is 4.53. The molecule has 0 atom stereocenters. The highest BCUT2D eigenvalue weighted by molar-refractivity contribution is 5.22. The van der Waals surface area contributed by atoms with Gasteiger partial charge in [-0.2, -0.15) is 0 Å². The second-order valence-corrected chi connectivity index (χ2v) is 6.69. The fraction of sp³-hybridized carbons (Fsp3) is 0.684. The highest BCUT2D eigenvalue weighted by Crippen LogP contribution is 2.24. The van der Waals surface area contributed by atoms with Gasteiger partial charge in [0.2, 0.25) is 0 Å². The SMILES string of the molecule is CCCNCc1ccc(CN(C)CC2CCCCC2)cc1. The van der Waals surface area contributed by atoms with Gasteiger partial charge in [-0.1, -0.05) is 50.5 Å². The number of nitrogens with one attached hydrogen (secondary N) is 1. The molecule has 0 spiro atoms. The van der Waals surface area contributed by atoms with E-state index in [9.17, 15) is 0 Å². The summed E-state index contributed by atoms with van der Waals surface area (Å²) in [5, 5.41) is 3.46. The molecular weight excluding hydrogens is 256 g/mol. The molecule has 2 rings (SSSR count). The molecule has 1 aromatic carbocycles. The number of nitrogens with zero attached hydrogens (tertiary/aromatic N) is 1. The Balaban J connectivity index is 1.73. The quantitative estimate of drug-likeness (QED) is 0.721. The Bertz CT molecular complexity index is 379. The van der Waals surface area contributed by atoms with Crippen LogP contribution in [0.2, 0.25) is 0 Å². The van der Waals surface area contributed by atoms with Crippen LogP contribution in [0.1, 0.15) is 56.6 Å². The van der Waals surface area contributed by atoms with Crippen LogP contribution < -0.4 is 5.32 Å². The maximum absolute atomic E-state index is 3.46. The molecule has 1 saturated carbocycles. The van der Waals surface area contributed by atoms with Crippen molar-refractivity contribution in [3.8, 4) is 0 Å². The topological polar surface area (TPSA) is 15.3 Å². The van der Waals surface area contributed by atoms with Crippen molar-refractivity contribution in [2.75, 3.05) is 20.1 Å². The Hall–Kier alpha value is -0.860. The number of hydrogen-bond donors (Lipinski definition) is 1. The third-order valence-electron chi connectivity index (χ3n) is 4.53. The van der Waals surface area contributed by atoms with Crippen molar-refractivity contribution >= 4 is 0 Å². The first-order valence-electron chi connectivity index (χ1n) is 8.75. The maximum Gasteiger partial charge on any atom is 0.0230 e. The lowest BCUT2D eigenvalue weighted by molar-refractivity contribution is 0.228. The highest BCUT2D eigenvalue weighted by atomic mass is 15.1. The van der Waals surface area contributed by atoms with Crippen molar-refractivity contribution in [3.05, 3.63) is 35.4 Å². The molecule has 1 fully saturated rings. The Kier molecular flexibility index (Phi) is 7.25. The highest BCUT2D eigenvalue weighted by Gasteiger charge is 2.15. The van der Waals surface area contributed by atoms with E-state index in [1.807, 2.05) is 0 Å². The van der Waals surface area contributed by atoms with Gasteiger partial charge in [-0.15, -0.1) is 0 Å². The molecule has 0 amide bonds. The monoisotopic (exact) mass is 288 g/mol. The van der Waals surface area contributed by atoms with Gasteiger partial charge in [0, 0.05) is 19.6 Å². The summed E-state index contributed by atoms with van der Waals surface area (Å²) in [5.41, 5.74) is 2.83. The van der Waals surface area contributed by atoms with E-state index in [2.05, 4.69) is 48.5 Å². The van der Waals surface area contributed by atoms with E-state index in [0.29, 0.717) is 0 Å². The van der Waals surface area contributed by atoms with Gasteiger partial charge >= 0.3 is 0 Å². The van der Waals surface area contributed by atoms with Crippen LogP contribution in [0.15, 0.2) is 24.3 Å². The average Bonchev–Trinajstić information content (AvgIpc) is 2.50. The van der Waals surface area contributed by atoms with Crippen LogP contribution in [0, 0.1) is 5.92 Å². The number of hydrogen-bond acceptors (Lipinski definition) is 2. The predicted octanol–water partition coefficient (Wildman–Crippen LogP) is 4.20. The van der Waals surface area contributed by atoms with E-state index in [-0.39, 0.29) is 0 Å². The lowest BCUT2D eigenvalue weighted by Crippen LogP contribution is -2.26. The molecule has 0 unspecified atom stereocenters. The minimum atomic E-state index is 0.932. The van der Waals surface area contributed by atoms with Gasteiger partial charge in [0.1, 0.15) is 0 Å². The number of benzene rings is 1. The molecule has 0 heterocycles. The predicted molar refractivity (Wildman–Crippen MR) is 91.3 cm³/mol. The largest absolute Gasteiger partial charge is 0.313 e. The van der Waals surface area contributed by atoms with Gasteiger partial charge in [-0.3, -0.25) is 0 Å². The minimum Gasteiger partial charge on any atom is -0.313 e. The molecule has 2 nitrogen and oxygen atoms in total. The molecule has 21 heavy (non-hydrogen) atoms. The van der Waals surface area contributed by atoms with Crippen LogP contribution in [0.5, 0.6) is 0 Å². The van der Waals surface area contributed by atoms with E-state index < -0.39 is 0 Å². The van der Waals surface area contributed by atoms with Crippen LogP contribution >= 0.6 is 0 Å². The molecule has 0 saturated heterocycles. The Morgan fingerprint density at radius 2 is 1.71 bits per heavy atom. The van der Waals surface area contributed by atoms with Gasteiger partial charge < -0.3 is 10.2 Å². The summed E-state index contributed by atoms with van der Waals surface area (Å²) < 4.78 is 0. The molecule has 1 aromatic rings. The minimum absolute atomic E-state index is 0.932. The standard InChI is InChI=1S/C19H32N2/c1-3-13-20-14-17-9-11-19(12-10-17)16-21(2)15-18-7-5-4-6-8-18/h9-12,18,20H,3-8,13-16H2,1-2H3. The molecule has 0 bridgehead atoms. The normalized spacial score (nSPS) is 16.5. The molecule has 2 heteroatoms. The molecule has 0 aromatic heterocycles. The summed E-state index contributed by atoms with van der Waals surface area (Å²) in [4.78, 5) is 2.50. The van der Waals surface area contributed by atoms with Crippen LogP contribution in [-0.4, -0.2) is 25.0 Å². The van der Waals surface area contributed by atoms with E-state index in [1.165, 1.54) is 56.2 Å². The molecule has 118 valence electrons. The average molecular weight is 288 g/mol. The fourth-order valence-corrected chi connectivity index (χ4v) is 3.36. The summed E-state index contributed by atoms with van der Waals surface area (Å²) in [6.45, 7) is 6.65. The van der Waals surface area contributed by atoms with Crippen LogP contribution in [-0.2, 0) is 13.1 Å². The molecule has 1 aliphatic carbocycles. The summed E-state index contributed by atoms with van der Waals surface area (Å²) in [7, 11) is 2.27. The van der Waals surface area contributed by atoms with E-state index in [0.717, 1.165) is 25.6 Å². The zero-order valence-electron chi connectivity index (χ0n) is 13.9. The molecular formula is C19H32N2. The second kappa shape index (κ2) is 9.22. The van der Waals surface area contributed by atoms with Gasteiger partial charge in [0.25, 0.3) is 0 Å². The first-order chi connectivity index (χ1) is 10.3. The van der Waals surface area contributed by atoms with E-state index >= 15 is 0 Å². The van der Waals surface area contributed by atoms with Crippen molar-refractivity contribution in [3.63, 3.8) is 0 Å². The fourth-order valence-electron chi connectivity index (χ4n) is 3.36. The molecule has 0 aliphatic heterocycles. The van der Waals surface area contributed by atoms with Crippen molar-refractivity contribution in [1.82, 2.24) is 10.2 Å². The van der Waals surface area contributed by atoms with Gasteiger partial charge in [-0.05, 0) is 49.9 Å². The second-order valence-electron chi connectivity index (χ2n) is 6.69. The van der Waals surface area contributed by atoms with Crippen LogP contribution in [0.4, 0.5) is 0 Å². The summed E-state index contributed by atoms with van der Waals surface area (Å²) in [6.07, 6.45) is 8.41. The smallest absolute Gasteiger partial charge is 0.0230 e. The first-order valence-corrected chi connectivity index (χ1v) is 8.75. The van der Waals surface area contributed by atoms with Crippen LogP contribution in [0.25, 0.3) is 0 Å². The van der Waals surface area contributed by atoms with Gasteiger partial charge in [-0.25, -0.2) is 0 Å². The van der Waals surface area contributed by atoms with E-state index in [1.54, 1.807) is 0 Å². The third kappa shape index (κ3) is 6.19. The maximum atomic E-state index is 3.46. The Morgan fingerprint density at radius 3 is 2.38 bits per heavy atom. The lowest BCUT2D eigenvalue weighted by atomic mass is 9.89. The van der Waals surface area contributed by atoms with E-state index in [4.69, 9.17) is 0 Å². The van der Waals surface area contributed by atoms with Gasteiger partial charge in [0.05, 0.1) is 0 Å². The molecule has 0 radical (unpaired) electrons. The molecule has 1 N–H and O–H groups in total. The van der Waals surface area contributed by atoms with Crippen molar-refractivity contribution in [2.24, 2.45) is 5.92 Å².